The van der Waals surface area contributed by atoms with Gasteiger partial charge in [-0.2, -0.15) is 0 Å². The van der Waals surface area contributed by atoms with E-state index in [0.717, 1.165) is 18.7 Å². The molecule has 2 rings (SSSR count). The standard InChI is InChI=1S/C10H14N2O/c1-7-9(13)6-8-4-2-3-5-12(8)10(7)11/h6H,2-5,11H2,1H3. The molecular formula is C10H14N2O. The molecule has 0 fully saturated rings. The molecule has 1 aromatic rings. The third-order valence-corrected chi connectivity index (χ3v) is 2.75. The highest BCUT2D eigenvalue weighted by molar-refractivity contribution is 5.41. The Balaban J connectivity index is 2.67. The lowest BCUT2D eigenvalue weighted by molar-refractivity contribution is 0.529. The van der Waals surface area contributed by atoms with Crippen molar-refractivity contribution < 1.29 is 0 Å². The number of nitrogen functional groups attached to an aromatic ring is 1. The van der Waals surface area contributed by atoms with Crippen LogP contribution in [-0.4, -0.2) is 4.57 Å². The zero-order valence-electron chi connectivity index (χ0n) is 7.84. The van der Waals surface area contributed by atoms with Crippen LogP contribution in [0.4, 0.5) is 5.82 Å². The minimum atomic E-state index is 0.0747. The van der Waals surface area contributed by atoms with Crippen LogP contribution in [0.25, 0.3) is 0 Å². The lowest BCUT2D eigenvalue weighted by Gasteiger charge is -2.21. The van der Waals surface area contributed by atoms with Gasteiger partial charge in [-0.25, -0.2) is 0 Å². The average Bonchev–Trinajstić information content (AvgIpc) is 2.15. The topological polar surface area (TPSA) is 48.0 Å². The van der Waals surface area contributed by atoms with Crippen LogP contribution in [0.3, 0.4) is 0 Å². The van der Waals surface area contributed by atoms with Gasteiger partial charge in [0.2, 0.25) is 0 Å². The Morgan fingerprint density at radius 3 is 3.00 bits per heavy atom. The van der Waals surface area contributed by atoms with E-state index >= 15 is 0 Å². The lowest BCUT2D eigenvalue weighted by Crippen LogP contribution is -2.22. The second kappa shape index (κ2) is 2.91. The van der Waals surface area contributed by atoms with E-state index in [1.165, 1.54) is 12.8 Å². The Morgan fingerprint density at radius 2 is 2.23 bits per heavy atom. The van der Waals surface area contributed by atoms with E-state index in [1.54, 1.807) is 13.0 Å². The van der Waals surface area contributed by atoms with Gasteiger partial charge in [0.1, 0.15) is 5.82 Å². The quantitative estimate of drug-likeness (QED) is 0.646. The molecule has 70 valence electrons. The molecule has 0 saturated heterocycles. The van der Waals surface area contributed by atoms with Crippen LogP contribution in [-0.2, 0) is 13.0 Å². The number of rotatable bonds is 0. The highest BCUT2D eigenvalue weighted by atomic mass is 16.1. The molecule has 1 aromatic heterocycles. The Bertz CT molecular complexity index is 393. The van der Waals surface area contributed by atoms with Crippen LogP contribution in [0.15, 0.2) is 10.9 Å². The zero-order chi connectivity index (χ0) is 9.42. The number of anilines is 1. The number of nitrogens with two attached hydrogens (primary N) is 1. The molecule has 0 unspecified atom stereocenters. The van der Waals surface area contributed by atoms with Crippen LogP contribution in [0, 0.1) is 6.92 Å². The van der Waals surface area contributed by atoms with Gasteiger partial charge in [0.05, 0.1) is 0 Å². The van der Waals surface area contributed by atoms with Gasteiger partial charge >= 0.3 is 0 Å². The first-order valence-corrected chi connectivity index (χ1v) is 4.69. The number of nitrogens with zero attached hydrogens (tertiary/aromatic N) is 1. The summed E-state index contributed by atoms with van der Waals surface area (Å²) in [6, 6.07) is 1.73. The Morgan fingerprint density at radius 1 is 1.46 bits per heavy atom. The molecule has 0 spiro atoms. The van der Waals surface area contributed by atoms with Crippen LogP contribution in [0.2, 0.25) is 0 Å². The summed E-state index contributed by atoms with van der Waals surface area (Å²) < 4.78 is 2.07. The molecule has 3 heteroatoms. The van der Waals surface area contributed by atoms with E-state index in [-0.39, 0.29) is 5.43 Å². The summed E-state index contributed by atoms with van der Waals surface area (Å²) in [4.78, 5) is 11.4. The summed E-state index contributed by atoms with van der Waals surface area (Å²) >= 11 is 0. The first-order chi connectivity index (χ1) is 6.20. The minimum Gasteiger partial charge on any atom is -0.385 e. The zero-order valence-corrected chi connectivity index (χ0v) is 7.84. The van der Waals surface area contributed by atoms with Crippen molar-refractivity contribution >= 4 is 5.82 Å². The molecule has 13 heavy (non-hydrogen) atoms. The molecule has 0 atom stereocenters. The smallest absolute Gasteiger partial charge is 0.186 e. The van der Waals surface area contributed by atoms with Crippen molar-refractivity contribution in [2.45, 2.75) is 32.7 Å². The van der Waals surface area contributed by atoms with Crippen molar-refractivity contribution in [2.24, 2.45) is 0 Å². The largest absolute Gasteiger partial charge is 0.385 e. The molecular weight excluding hydrogens is 164 g/mol. The fourth-order valence-electron chi connectivity index (χ4n) is 1.87. The van der Waals surface area contributed by atoms with Gasteiger partial charge in [-0.15, -0.1) is 0 Å². The maximum absolute atomic E-state index is 11.4. The summed E-state index contributed by atoms with van der Waals surface area (Å²) in [6.45, 7) is 2.75. The Hall–Kier alpha value is -1.25. The summed E-state index contributed by atoms with van der Waals surface area (Å²) in [6.07, 6.45) is 3.32. The molecule has 0 aliphatic carbocycles. The number of hydrogen-bond acceptors (Lipinski definition) is 2. The van der Waals surface area contributed by atoms with Gasteiger partial charge in [0, 0.05) is 23.9 Å². The van der Waals surface area contributed by atoms with Gasteiger partial charge in [0.25, 0.3) is 0 Å². The van der Waals surface area contributed by atoms with Gasteiger partial charge in [-0.1, -0.05) is 0 Å². The summed E-state index contributed by atoms with van der Waals surface area (Å²) in [5, 5.41) is 0. The second-order valence-corrected chi connectivity index (χ2v) is 3.62. The van der Waals surface area contributed by atoms with Crippen molar-refractivity contribution in [3.8, 4) is 0 Å². The summed E-state index contributed by atoms with van der Waals surface area (Å²) in [5.74, 6) is 0.655. The van der Waals surface area contributed by atoms with Crippen molar-refractivity contribution in [1.29, 1.82) is 0 Å². The normalized spacial score (nSPS) is 15.5. The SMILES string of the molecule is Cc1c(N)n2c(cc1=O)CCCC2. The van der Waals surface area contributed by atoms with Gasteiger partial charge in [0.15, 0.2) is 5.43 Å². The molecule has 2 N–H and O–H groups in total. The van der Waals surface area contributed by atoms with E-state index in [0.29, 0.717) is 11.4 Å². The number of fused-ring (bicyclic) bond motifs is 1. The first kappa shape index (κ1) is 8.35. The van der Waals surface area contributed by atoms with Gasteiger partial charge in [-0.05, 0) is 26.2 Å². The third kappa shape index (κ3) is 1.24. The maximum atomic E-state index is 11.4. The highest BCUT2D eigenvalue weighted by Crippen LogP contribution is 2.18. The highest BCUT2D eigenvalue weighted by Gasteiger charge is 2.12. The van der Waals surface area contributed by atoms with Crippen molar-refractivity contribution in [3.63, 3.8) is 0 Å². The molecule has 0 bridgehead atoms. The summed E-state index contributed by atoms with van der Waals surface area (Å²) in [5.41, 5.74) is 7.72. The predicted octanol–water partition coefficient (Wildman–Crippen LogP) is 1.08. The number of pyridine rings is 1. The van der Waals surface area contributed by atoms with Gasteiger partial charge in [-0.3, -0.25) is 4.79 Å². The molecule has 2 heterocycles. The minimum absolute atomic E-state index is 0.0747. The molecule has 3 nitrogen and oxygen atoms in total. The monoisotopic (exact) mass is 178 g/mol. The molecule has 0 radical (unpaired) electrons. The lowest BCUT2D eigenvalue weighted by atomic mass is 10.1. The fourth-order valence-corrected chi connectivity index (χ4v) is 1.87. The second-order valence-electron chi connectivity index (χ2n) is 3.62. The van der Waals surface area contributed by atoms with Crippen molar-refractivity contribution in [2.75, 3.05) is 5.73 Å². The van der Waals surface area contributed by atoms with E-state index < -0.39 is 0 Å². The van der Waals surface area contributed by atoms with E-state index in [2.05, 4.69) is 4.57 Å². The molecule has 1 aliphatic heterocycles. The number of hydrogen-bond donors (Lipinski definition) is 1. The Labute approximate surface area is 77.2 Å². The number of aromatic nitrogens is 1. The van der Waals surface area contributed by atoms with Crippen LogP contribution in [0.1, 0.15) is 24.1 Å². The van der Waals surface area contributed by atoms with Gasteiger partial charge < -0.3 is 10.3 Å². The van der Waals surface area contributed by atoms with Crippen LogP contribution < -0.4 is 11.2 Å². The number of aryl methyl sites for hydroxylation is 1. The fraction of sp³-hybridized carbons (Fsp3) is 0.500. The first-order valence-electron chi connectivity index (χ1n) is 4.69. The van der Waals surface area contributed by atoms with Crippen LogP contribution >= 0.6 is 0 Å². The van der Waals surface area contributed by atoms with Crippen LogP contribution in [0.5, 0.6) is 0 Å². The maximum Gasteiger partial charge on any atom is 0.186 e. The third-order valence-electron chi connectivity index (χ3n) is 2.75. The van der Waals surface area contributed by atoms with Crippen molar-refractivity contribution in [3.05, 3.63) is 27.5 Å². The van der Waals surface area contributed by atoms with E-state index in [4.69, 9.17) is 5.73 Å². The van der Waals surface area contributed by atoms with E-state index in [1.807, 2.05) is 0 Å². The molecule has 0 saturated carbocycles. The molecule has 0 amide bonds. The van der Waals surface area contributed by atoms with E-state index in [9.17, 15) is 4.79 Å². The molecule has 1 aliphatic rings. The predicted molar refractivity (Wildman–Crippen MR) is 52.8 cm³/mol. The van der Waals surface area contributed by atoms with Crippen molar-refractivity contribution in [1.82, 2.24) is 4.57 Å². The molecule has 0 aromatic carbocycles. The summed E-state index contributed by atoms with van der Waals surface area (Å²) in [7, 11) is 0. The Kier molecular flexibility index (Phi) is 1.87. The average molecular weight is 178 g/mol.